The van der Waals surface area contributed by atoms with E-state index in [1.807, 2.05) is 17.0 Å². The van der Waals surface area contributed by atoms with Crippen molar-refractivity contribution < 1.29 is 14.7 Å². The summed E-state index contributed by atoms with van der Waals surface area (Å²) in [4.78, 5) is 30.6. The Labute approximate surface area is 150 Å². The van der Waals surface area contributed by atoms with Crippen LogP contribution in [0.2, 0.25) is 0 Å². The minimum atomic E-state index is -0.909. The molecule has 0 bridgehead atoms. The highest BCUT2D eigenvalue weighted by Crippen LogP contribution is 2.37. The molecular formula is C19H20N2O3S. The summed E-state index contributed by atoms with van der Waals surface area (Å²) in [5.41, 5.74) is 3.05. The molecule has 4 rings (SSSR count). The van der Waals surface area contributed by atoms with Gasteiger partial charge >= 0.3 is 5.97 Å². The number of fused-ring (bicyclic) bond motifs is 1. The first-order valence-corrected chi connectivity index (χ1v) is 9.40. The maximum Gasteiger partial charge on any atom is 0.347 e. The predicted octanol–water partition coefficient (Wildman–Crippen LogP) is 2.88. The lowest BCUT2D eigenvalue weighted by atomic mass is 9.77. The van der Waals surface area contributed by atoms with Crippen LogP contribution in [-0.4, -0.2) is 40.0 Å². The first kappa shape index (κ1) is 16.3. The summed E-state index contributed by atoms with van der Waals surface area (Å²) in [5.74, 6) is -0.280. The number of aromatic nitrogens is 1. The number of benzene rings is 1. The molecule has 6 heteroatoms. The minimum absolute atomic E-state index is 0.0238. The van der Waals surface area contributed by atoms with Gasteiger partial charge in [0.25, 0.3) is 0 Å². The molecule has 1 aromatic carbocycles. The number of carboxylic acid groups (broad SMARTS) is 1. The molecule has 0 saturated carbocycles. The highest BCUT2D eigenvalue weighted by Gasteiger charge is 2.37. The first-order valence-electron chi connectivity index (χ1n) is 8.59. The third-order valence-corrected chi connectivity index (χ3v) is 6.42. The predicted molar refractivity (Wildman–Crippen MR) is 95.1 cm³/mol. The zero-order valence-electron chi connectivity index (χ0n) is 14.1. The number of aryl methyl sites for hydroxylation is 1. The number of rotatable bonds is 4. The van der Waals surface area contributed by atoms with Crippen LogP contribution >= 0.6 is 11.3 Å². The Morgan fingerprint density at radius 1 is 1.36 bits per heavy atom. The Morgan fingerprint density at radius 3 is 2.88 bits per heavy atom. The molecular weight excluding hydrogens is 336 g/mol. The maximum absolute atomic E-state index is 12.8. The molecule has 2 unspecified atom stereocenters. The molecule has 25 heavy (non-hydrogen) atoms. The second-order valence-electron chi connectivity index (χ2n) is 6.93. The fourth-order valence-corrected chi connectivity index (χ4v) is 4.90. The molecule has 5 nitrogen and oxygen atoms in total. The Balaban J connectivity index is 1.38. The van der Waals surface area contributed by atoms with Crippen molar-refractivity contribution in [2.75, 3.05) is 13.1 Å². The van der Waals surface area contributed by atoms with Crippen molar-refractivity contribution in [3.05, 3.63) is 51.0 Å². The van der Waals surface area contributed by atoms with Crippen molar-refractivity contribution >= 4 is 23.2 Å². The Morgan fingerprint density at radius 2 is 2.16 bits per heavy atom. The zero-order valence-corrected chi connectivity index (χ0v) is 14.9. The van der Waals surface area contributed by atoms with Gasteiger partial charge in [0.05, 0.1) is 16.6 Å². The quantitative estimate of drug-likeness (QED) is 0.914. The van der Waals surface area contributed by atoms with E-state index in [1.165, 1.54) is 22.5 Å². The van der Waals surface area contributed by atoms with Crippen molar-refractivity contribution in [3.8, 4) is 0 Å². The van der Waals surface area contributed by atoms with Crippen LogP contribution in [0, 0.1) is 12.8 Å². The molecule has 1 aliphatic carbocycles. The summed E-state index contributed by atoms with van der Waals surface area (Å²) in [6.45, 7) is 3.28. The van der Waals surface area contributed by atoms with Crippen LogP contribution in [0.1, 0.15) is 43.8 Å². The Bertz CT molecular complexity index is 845. The first-order chi connectivity index (χ1) is 12.0. The molecule has 0 spiro atoms. The van der Waals surface area contributed by atoms with Gasteiger partial charge in [0.1, 0.15) is 4.88 Å². The monoisotopic (exact) mass is 356 g/mol. The maximum atomic E-state index is 12.8. The van der Waals surface area contributed by atoms with E-state index in [-0.39, 0.29) is 11.8 Å². The molecule has 1 N–H and O–H groups in total. The molecule has 1 aromatic heterocycles. The number of carboxylic acids is 1. The van der Waals surface area contributed by atoms with Gasteiger partial charge in [-0.2, -0.15) is 0 Å². The zero-order chi connectivity index (χ0) is 17.6. The summed E-state index contributed by atoms with van der Waals surface area (Å²) < 4.78 is 0. The van der Waals surface area contributed by atoms with E-state index in [9.17, 15) is 9.59 Å². The van der Waals surface area contributed by atoms with Crippen LogP contribution in [0.15, 0.2) is 24.3 Å². The largest absolute Gasteiger partial charge is 0.477 e. The van der Waals surface area contributed by atoms with Gasteiger partial charge in [-0.25, -0.2) is 9.78 Å². The van der Waals surface area contributed by atoms with Crippen LogP contribution in [-0.2, 0) is 17.6 Å². The standard InChI is InChI=1S/C19H20N2O3S/c1-11-17(19(23)24)25-16(20-11)8-12-6-7-21(10-12)18(22)15-9-13-4-2-3-5-14(13)15/h2-5,12,15H,6-10H2,1H3,(H,23,24). The van der Waals surface area contributed by atoms with Gasteiger partial charge in [-0.05, 0) is 36.8 Å². The van der Waals surface area contributed by atoms with E-state index in [0.29, 0.717) is 16.5 Å². The summed E-state index contributed by atoms with van der Waals surface area (Å²) in [5, 5.41) is 10.0. The Kier molecular flexibility index (Phi) is 4.07. The van der Waals surface area contributed by atoms with E-state index >= 15 is 0 Å². The molecule has 2 aliphatic rings. The van der Waals surface area contributed by atoms with Crippen LogP contribution in [0.4, 0.5) is 0 Å². The lowest BCUT2D eigenvalue weighted by Gasteiger charge is -2.32. The van der Waals surface area contributed by atoms with E-state index in [4.69, 9.17) is 5.11 Å². The Hall–Kier alpha value is -2.21. The van der Waals surface area contributed by atoms with E-state index in [1.54, 1.807) is 6.92 Å². The number of hydrogen-bond donors (Lipinski definition) is 1. The molecule has 2 heterocycles. The average molecular weight is 356 g/mol. The van der Waals surface area contributed by atoms with Crippen molar-refractivity contribution in [2.24, 2.45) is 5.92 Å². The third kappa shape index (κ3) is 2.95. The van der Waals surface area contributed by atoms with Crippen molar-refractivity contribution in [1.29, 1.82) is 0 Å². The van der Waals surface area contributed by atoms with Crippen LogP contribution in [0.3, 0.4) is 0 Å². The number of nitrogens with zero attached hydrogens (tertiary/aromatic N) is 2. The van der Waals surface area contributed by atoms with Crippen molar-refractivity contribution in [2.45, 2.75) is 32.1 Å². The molecule has 1 amide bonds. The second-order valence-corrected chi connectivity index (χ2v) is 8.01. The van der Waals surface area contributed by atoms with Gasteiger partial charge in [0.2, 0.25) is 5.91 Å². The SMILES string of the molecule is Cc1nc(CC2CCN(C(=O)C3Cc4ccccc43)C2)sc1C(=O)O. The molecule has 1 saturated heterocycles. The van der Waals surface area contributed by atoms with Gasteiger partial charge in [0.15, 0.2) is 0 Å². The smallest absolute Gasteiger partial charge is 0.347 e. The average Bonchev–Trinajstić information content (AvgIpc) is 3.15. The number of carbonyl (C=O) groups excluding carboxylic acids is 1. The van der Waals surface area contributed by atoms with Gasteiger partial charge in [-0.3, -0.25) is 4.79 Å². The molecule has 1 aliphatic heterocycles. The van der Waals surface area contributed by atoms with Crippen LogP contribution in [0.5, 0.6) is 0 Å². The number of likely N-dealkylation sites (tertiary alicyclic amines) is 1. The van der Waals surface area contributed by atoms with Gasteiger partial charge < -0.3 is 10.0 Å². The fourth-order valence-electron chi connectivity index (χ4n) is 3.88. The van der Waals surface area contributed by atoms with Crippen LogP contribution < -0.4 is 0 Å². The number of thiazole rings is 1. The normalized spacial score (nSPS) is 21.7. The lowest BCUT2D eigenvalue weighted by molar-refractivity contribution is -0.132. The molecule has 1 fully saturated rings. The van der Waals surface area contributed by atoms with E-state index in [0.717, 1.165) is 37.4 Å². The van der Waals surface area contributed by atoms with E-state index in [2.05, 4.69) is 17.1 Å². The third-order valence-electron chi connectivity index (χ3n) is 5.25. The number of hydrogen-bond acceptors (Lipinski definition) is 4. The van der Waals surface area contributed by atoms with Crippen LogP contribution in [0.25, 0.3) is 0 Å². The molecule has 130 valence electrons. The minimum Gasteiger partial charge on any atom is -0.477 e. The number of aromatic carboxylic acids is 1. The molecule has 0 radical (unpaired) electrons. The highest BCUT2D eigenvalue weighted by atomic mass is 32.1. The molecule has 2 aromatic rings. The highest BCUT2D eigenvalue weighted by molar-refractivity contribution is 7.13. The fraction of sp³-hybridized carbons (Fsp3) is 0.421. The van der Waals surface area contributed by atoms with Gasteiger partial charge in [-0.15, -0.1) is 11.3 Å². The summed E-state index contributed by atoms with van der Waals surface area (Å²) in [7, 11) is 0. The van der Waals surface area contributed by atoms with Crippen molar-refractivity contribution in [3.63, 3.8) is 0 Å². The molecule has 2 atom stereocenters. The summed E-state index contributed by atoms with van der Waals surface area (Å²) in [6, 6.07) is 8.17. The number of amides is 1. The topological polar surface area (TPSA) is 70.5 Å². The van der Waals surface area contributed by atoms with Gasteiger partial charge in [-0.1, -0.05) is 24.3 Å². The van der Waals surface area contributed by atoms with Gasteiger partial charge in [0, 0.05) is 19.5 Å². The van der Waals surface area contributed by atoms with E-state index < -0.39 is 5.97 Å². The van der Waals surface area contributed by atoms with Crippen molar-refractivity contribution in [1.82, 2.24) is 9.88 Å². The lowest BCUT2D eigenvalue weighted by Crippen LogP contribution is -2.38. The number of carbonyl (C=O) groups is 2. The summed E-state index contributed by atoms with van der Waals surface area (Å²) in [6.07, 6.45) is 2.56. The second kappa shape index (κ2) is 6.26. The summed E-state index contributed by atoms with van der Waals surface area (Å²) >= 11 is 1.26.